The second-order valence-corrected chi connectivity index (χ2v) is 8.53. The fourth-order valence-electron chi connectivity index (χ4n) is 3.24. The maximum atomic E-state index is 13.3. The molecule has 8 heteroatoms. The molecule has 0 unspecified atom stereocenters. The molecule has 1 amide bonds. The first-order valence-corrected chi connectivity index (χ1v) is 11.6. The minimum Gasteiger partial charge on any atom is -0.493 e. The van der Waals surface area contributed by atoms with E-state index in [1.807, 2.05) is 60.0 Å². The summed E-state index contributed by atoms with van der Waals surface area (Å²) in [4.78, 5) is 19.6. The van der Waals surface area contributed by atoms with E-state index in [9.17, 15) is 4.79 Å². The van der Waals surface area contributed by atoms with E-state index < -0.39 is 0 Å². The first kappa shape index (κ1) is 23.3. The van der Waals surface area contributed by atoms with E-state index in [0.29, 0.717) is 33.8 Å². The number of thiazole rings is 1. The summed E-state index contributed by atoms with van der Waals surface area (Å²) in [5.74, 6) is 0.517. The maximum Gasteiger partial charge on any atom is 0.267 e. The standard InChI is InChI=1S/C26H20ClN3O3S/c1-32-24-13-19(14-28)7-12-23(24)33-16-25(31)30(15-18-5-3-2-4-6-18)26-29-22(17-34-26)20-8-10-21(27)11-9-20/h2-13,17H,15-16H2,1H3. The molecule has 0 aliphatic heterocycles. The van der Waals surface area contributed by atoms with Gasteiger partial charge < -0.3 is 9.47 Å². The Balaban J connectivity index is 1.57. The molecular formula is C26H20ClN3O3S. The molecule has 6 nitrogen and oxygen atoms in total. The zero-order valence-electron chi connectivity index (χ0n) is 18.3. The van der Waals surface area contributed by atoms with Crippen molar-refractivity contribution in [2.24, 2.45) is 0 Å². The van der Waals surface area contributed by atoms with Gasteiger partial charge in [0.2, 0.25) is 0 Å². The van der Waals surface area contributed by atoms with E-state index in [1.54, 1.807) is 23.1 Å². The number of methoxy groups -OCH3 is 1. The van der Waals surface area contributed by atoms with Crippen molar-refractivity contribution in [3.63, 3.8) is 0 Å². The highest BCUT2D eigenvalue weighted by Crippen LogP contribution is 2.31. The van der Waals surface area contributed by atoms with Crippen molar-refractivity contribution in [2.45, 2.75) is 6.54 Å². The summed E-state index contributed by atoms with van der Waals surface area (Å²) in [6.07, 6.45) is 0. The van der Waals surface area contributed by atoms with Gasteiger partial charge in [0.15, 0.2) is 23.2 Å². The predicted molar refractivity (Wildman–Crippen MR) is 133 cm³/mol. The number of amides is 1. The number of hydrogen-bond acceptors (Lipinski definition) is 6. The molecule has 0 aliphatic carbocycles. The highest BCUT2D eigenvalue weighted by molar-refractivity contribution is 7.14. The van der Waals surface area contributed by atoms with E-state index in [-0.39, 0.29) is 12.5 Å². The van der Waals surface area contributed by atoms with Crippen LogP contribution >= 0.6 is 22.9 Å². The van der Waals surface area contributed by atoms with Crippen molar-refractivity contribution >= 4 is 34.0 Å². The number of carbonyl (C=O) groups excluding carboxylic acids is 1. The van der Waals surface area contributed by atoms with Crippen molar-refractivity contribution in [1.82, 2.24) is 4.98 Å². The Hall–Kier alpha value is -3.86. The van der Waals surface area contributed by atoms with Crippen LogP contribution in [0.3, 0.4) is 0 Å². The zero-order valence-corrected chi connectivity index (χ0v) is 19.8. The number of ether oxygens (including phenoxy) is 2. The Bertz CT molecular complexity index is 1320. The number of anilines is 1. The third-order valence-corrected chi connectivity index (χ3v) is 6.11. The lowest BCUT2D eigenvalue weighted by Gasteiger charge is -2.20. The highest BCUT2D eigenvalue weighted by atomic mass is 35.5. The monoisotopic (exact) mass is 489 g/mol. The van der Waals surface area contributed by atoms with Gasteiger partial charge in [-0.05, 0) is 29.8 Å². The molecule has 3 aromatic carbocycles. The lowest BCUT2D eigenvalue weighted by molar-refractivity contribution is -0.120. The van der Waals surface area contributed by atoms with Crippen LogP contribution < -0.4 is 14.4 Å². The molecule has 0 N–H and O–H groups in total. The second-order valence-electron chi connectivity index (χ2n) is 7.25. The molecule has 0 saturated carbocycles. The van der Waals surface area contributed by atoms with Crippen LogP contribution in [-0.2, 0) is 11.3 Å². The number of aromatic nitrogens is 1. The van der Waals surface area contributed by atoms with Crippen LogP contribution in [0.25, 0.3) is 11.3 Å². The second kappa shape index (κ2) is 10.8. The molecule has 4 aromatic rings. The van der Waals surface area contributed by atoms with Crippen LogP contribution in [0, 0.1) is 11.3 Å². The smallest absolute Gasteiger partial charge is 0.267 e. The fourth-order valence-corrected chi connectivity index (χ4v) is 4.22. The Labute approximate surface area is 206 Å². The molecule has 0 radical (unpaired) electrons. The van der Waals surface area contributed by atoms with Crippen LogP contribution in [-0.4, -0.2) is 24.6 Å². The molecule has 0 bridgehead atoms. The lowest BCUT2D eigenvalue weighted by atomic mass is 10.2. The van der Waals surface area contributed by atoms with Crippen molar-refractivity contribution in [1.29, 1.82) is 5.26 Å². The number of carbonyl (C=O) groups is 1. The average molecular weight is 490 g/mol. The normalized spacial score (nSPS) is 10.4. The fraction of sp³-hybridized carbons (Fsp3) is 0.115. The van der Waals surface area contributed by atoms with Crippen LogP contribution in [0.1, 0.15) is 11.1 Å². The van der Waals surface area contributed by atoms with E-state index >= 15 is 0 Å². The van der Waals surface area contributed by atoms with Gasteiger partial charge in [-0.25, -0.2) is 4.98 Å². The summed E-state index contributed by atoms with van der Waals surface area (Å²) < 4.78 is 11.1. The minimum absolute atomic E-state index is 0.217. The molecular weight excluding hydrogens is 470 g/mol. The predicted octanol–water partition coefficient (Wildman–Crippen LogP) is 5.96. The summed E-state index contributed by atoms with van der Waals surface area (Å²) in [5.41, 5.74) is 3.09. The van der Waals surface area contributed by atoms with Gasteiger partial charge in [0.05, 0.1) is 31.0 Å². The minimum atomic E-state index is -0.257. The third-order valence-electron chi connectivity index (χ3n) is 4.99. The first-order valence-electron chi connectivity index (χ1n) is 10.3. The van der Waals surface area contributed by atoms with Gasteiger partial charge in [0.1, 0.15) is 0 Å². The number of nitrogens with zero attached hydrogens (tertiary/aromatic N) is 3. The zero-order chi connectivity index (χ0) is 23.9. The van der Waals surface area contributed by atoms with Gasteiger partial charge in [0, 0.05) is 22.0 Å². The Kier molecular flexibility index (Phi) is 7.43. The van der Waals surface area contributed by atoms with Gasteiger partial charge in [-0.1, -0.05) is 54.1 Å². The Morgan fingerprint density at radius 2 is 1.85 bits per heavy atom. The summed E-state index contributed by atoms with van der Waals surface area (Å²) >= 11 is 7.38. The molecule has 1 aromatic heterocycles. The molecule has 1 heterocycles. The van der Waals surface area contributed by atoms with E-state index in [1.165, 1.54) is 18.4 Å². The lowest BCUT2D eigenvalue weighted by Crippen LogP contribution is -2.34. The molecule has 0 fully saturated rings. The van der Waals surface area contributed by atoms with Crippen molar-refractivity contribution < 1.29 is 14.3 Å². The van der Waals surface area contributed by atoms with Crippen LogP contribution in [0.15, 0.2) is 78.2 Å². The number of benzene rings is 3. The highest BCUT2D eigenvalue weighted by Gasteiger charge is 2.21. The van der Waals surface area contributed by atoms with Crippen molar-refractivity contribution in [3.8, 4) is 28.8 Å². The van der Waals surface area contributed by atoms with Crippen LogP contribution in [0.4, 0.5) is 5.13 Å². The molecule has 170 valence electrons. The summed E-state index contributed by atoms with van der Waals surface area (Å²) in [6, 6.07) is 24.0. The number of halogens is 1. The van der Waals surface area contributed by atoms with Crippen molar-refractivity contribution in [3.05, 3.63) is 94.3 Å². The van der Waals surface area contributed by atoms with Crippen LogP contribution in [0.5, 0.6) is 11.5 Å². The van der Waals surface area contributed by atoms with Gasteiger partial charge in [-0.15, -0.1) is 11.3 Å². The van der Waals surface area contributed by atoms with E-state index in [0.717, 1.165) is 16.8 Å². The number of rotatable bonds is 8. The molecule has 0 aliphatic rings. The van der Waals surface area contributed by atoms with Gasteiger partial charge >= 0.3 is 0 Å². The summed E-state index contributed by atoms with van der Waals surface area (Å²) in [6.45, 7) is 0.131. The van der Waals surface area contributed by atoms with E-state index in [4.69, 9.17) is 31.3 Å². The van der Waals surface area contributed by atoms with E-state index in [2.05, 4.69) is 6.07 Å². The van der Waals surface area contributed by atoms with Gasteiger partial charge in [-0.2, -0.15) is 5.26 Å². The summed E-state index contributed by atoms with van der Waals surface area (Å²) in [7, 11) is 1.49. The van der Waals surface area contributed by atoms with Gasteiger partial charge in [-0.3, -0.25) is 9.69 Å². The molecule has 4 rings (SSSR count). The van der Waals surface area contributed by atoms with Gasteiger partial charge in [0.25, 0.3) is 5.91 Å². The topological polar surface area (TPSA) is 75.5 Å². The maximum absolute atomic E-state index is 13.3. The molecule has 0 spiro atoms. The molecule has 34 heavy (non-hydrogen) atoms. The largest absolute Gasteiger partial charge is 0.493 e. The Morgan fingerprint density at radius 1 is 1.09 bits per heavy atom. The third kappa shape index (κ3) is 5.54. The molecule has 0 saturated heterocycles. The quantitative estimate of drug-likeness (QED) is 0.305. The van der Waals surface area contributed by atoms with Crippen LogP contribution in [0.2, 0.25) is 5.02 Å². The average Bonchev–Trinajstić information content (AvgIpc) is 3.36. The number of hydrogen-bond donors (Lipinski definition) is 0. The molecule has 0 atom stereocenters. The summed E-state index contributed by atoms with van der Waals surface area (Å²) in [5, 5.41) is 12.2. The SMILES string of the molecule is COc1cc(C#N)ccc1OCC(=O)N(Cc1ccccc1)c1nc(-c2ccc(Cl)cc2)cs1. The first-order chi connectivity index (χ1) is 16.6. The van der Waals surface area contributed by atoms with Crippen molar-refractivity contribution in [2.75, 3.05) is 18.6 Å². The number of nitriles is 1. The Morgan fingerprint density at radius 3 is 2.56 bits per heavy atom.